The maximum atomic E-state index is 12.1. The quantitative estimate of drug-likeness (QED) is 0.720. The number of ether oxygens (including phenoxy) is 1. The summed E-state index contributed by atoms with van der Waals surface area (Å²) in [5.74, 6) is -2.29. The molecule has 2 fully saturated rings. The van der Waals surface area contributed by atoms with Gasteiger partial charge in [0.1, 0.15) is 12.0 Å². The molecule has 20 heavy (non-hydrogen) atoms. The van der Waals surface area contributed by atoms with Gasteiger partial charge < -0.3 is 9.64 Å². The zero-order chi connectivity index (χ0) is 14.9. The minimum atomic E-state index is -1.12. The molecule has 0 heterocycles. The molecule has 2 aliphatic carbocycles. The Balaban J connectivity index is 1.97. The van der Waals surface area contributed by atoms with Crippen molar-refractivity contribution in [3.8, 4) is 0 Å². The van der Waals surface area contributed by atoms with Gasteiger partial charge in [-0.05, 0) is 12.8 Å². The topological polar surface area (TPSA) is 80.8 Å². The molecule has 6 heteroatoms. The van der Waals surface area contributed by atoms with Gasteiger partial charge in [0, 0.05) is 32.9 Å². The van der Waals surface area contributed by atoms with Crippen molar-refractivity contribution in [2.45, 2.75) is 38.2 Å². The molecule has 0 aromatic rings. The monoisotopic (exact) mass is 281 g/mol. The lowest BCUT2D eigenvalue weighted by Crippen LogP contribution is -2.45. The summed E-state index contributed by atoms with van der Waals surface area (Å²) < 4.78 is 5.06. The predicted molar refractivity (Wildman–Crippen MR) is 69.0 cm³/mol. The second-order valence-electron chi connectivity index (χ2n) is 5.70. The van der Waals surface area contributed by atoms with E-state index >= 15 is 0 Å². The van der Waals surface area contributed by atoms with Crippen molar-refractivity contribution in [3.63, 3.8) is 0 Å². The average molecular weight is 281 g/mol. The number of rotatable bonds is 3. The maximum absolute atomic E-state index is 12.1. The minimum absolute atomic E-state index is 0.0472. The van der Waals surface area contributed by atoms with Crippen LogP contribution in [0.5, 0.6) is 0 Å². The Hall–Kier alpha value is -1.72. The molecular formula is C14H19NO5. The lowest BCUT2D eigenvalue weighted by Gasteiger charge is -2.31. The highest BCUT2D eigenvalue weighted by molar-refractivity contribution is 6.21. The van der Waals surface area contributed by atoms with E-state index in [2.05, 4.69) is 0 Å². The third-order valence-electron chi connectivity index (χ3n) is 3.93. The molecule has 6 nitrogen and oxygen atoms in total. The first kappa shape index (κ1) is 14.7. The van der Waals surface area contributed by atoms with E-state index in [4.69, 9.17) is 4.74 Å². The molecule has 0 aromatic carbocycles. The second-order valence-corrected chi connectivity index (χ2v) is 5.70. The van der Waals surface area contributed by atoms with Crippen molar-refractivity contribution in [2.75, 3.05) is 14.1 Å². The standard InChI is InChI=1S/C14H19NO5/c1-15(2)14(19)20-9-6-10(16)12(11(17)7-9)13(18)8-4-3-5-8/h8-9,12H,3-7H2,1-2H3. The number of hydrogen-bond donors (Lipinski definition) is 0. The van der Waals surface area contributed by atoms with Gasteiger partial charge in [-0.15, -0.1) is 0 Å². The van der Waals surface area contributed by atoms with Gasteiger partial charge in [-0.1, -0.05) is 6.42 Å². The molecule has 0 aliphatic heterocycles. The van der Waals surface area contributed by atoms with Gasteiger partial charge in [-0.2, -0.15) is 0 Å². The summed E-state index contributed by atoms with van der Waals surface area (Å²) >= 11 is 0. The first-order valence-corrected chi connectivity index (χ1v) is 6.87. The molecule has 0 spiro atoms. The fourth-order valence-electron chi connectivity index (χ4n) is 2.51. The third-order valence-corrected chi connectivity index (χ3v) is 3.93. The molecule has 0 atom stereocenters. The second kappa shape index (κ2) is 5.73. The Morgan fingerprint density at radius 3 is 2.05 bits per heavy atom. The fourth-order valence-corrected chi connectivity index (χ4v) is 2.51. The van der Waals surface area contributed by atoms with E-state index in [0.29, 0.717) is 0 Å². The Morgan fingerprint density at radius 2 is 1.65 bits per heavy atom. The van der Waals surface area contributed by atoms with Crippen molar-refractivity contribution < 1.29 is 23.9 Å². The highest BCUT2D eigenvalue weighted by Crippen LogP contribution is 2.33. The Morgan fingerprint density at radius 1 is 1.10 bits per heavy atom. The Kier molecular flexibility index (Phi) is 4.20. The van der Waals surface area contributed by atoms with Crippen LogP contribution in [-0.2, 0) is 19.1 Å². The van der Waals surface area contributed by atoms with Gasteiger partial charge in [0.25, 0.3) is 0 Å². The van der Waals surface area contributed by atoms with Crippen LogP contribution in [0.4, 0.5) is 4.79 Å². The molecule has 0 radical (unpaired) electrons. The van der Waals surface area contributed by atoms with Crippen LogP contribution in [0.15, 0.2) is 0 Å². The minimum Gasteiger partial charge on any atom is -0.445 e. The molecule has 110 valence electrons. The molecule has 0 N–H and O–H groups in total. The molecular weight excluding hydrogens is 262 g/mol. The van der Waals surface area contributed by atoms with Crippen LogP contribution >= 0.6 is 0 Å². The van der Waals surface area contributed by atoms with Crippen LogP contribution in [0.25, 0.3) is 0 Å². The smallest absolute Gasteiger partial charge is 0.409 e. The van der Waals surface area contributed by atoms with E-state index in [1.165, 1.54) is 19.0 Å². The van der Waals surface area contributed by atoms with Crippen LogP contribution in [-0.4, -0.2) is 48.5 Å². The van der Waals surface area contributed by atoms with E-state index in [0.717, 1.165) is 19.3 Å². The average Bonchev–Trinajstić information content (AvgIpc) is 2.24. The van der Waals surface area contributed by atoms with E-state index in [1.807, 2.05) is 0 Å². The van der Waals surface area contributed by atoms with Crippen LogP contribution in [0, 0.1) is 11.8 Å². The molecule has 2 aliphatic rings. The van der Waals surface area contributed by atoms with E-state index in [9.17, 15) is 19.2 Å². The summed E-state index contributed by atoms with van der Waals surface area (Å²) in [4.78, 5) is 48.7. The maximum Gasteiger partial charge on any atom is 0.409 e. The highest BCUT2D eigenvalue weighted by atomic mass is 16.6. The van der Waals surface area contributed by atoms with Crippen LogP contribution < -0.4 is 0 Å². The summed E-state index contributed by atoms with van der Waals surface area (Å²) in [7, 11) is 3.05. The van der Waals surface area contributed by atoms with Crippen molar-refractivity contribution in [2.24, 2.45) is 11.8 Å². The van der Waals surface area contributed by atoms with Crippen molar-refractivity contribution in [1.29, 1.82) is 0 Å². The summed E-state index contributed by atoms with van der Waals surface area (Å²) in [6.07, 6.45) is 1.11. The first-order chi connectivity index (χ1) is 9.40. The van der Waals surface area contributed by atoms with Crippen LogP contribution in [0.3, 0.4) is 0 Å². The molecule has 0 saturated heterocycles. The number of amides is 1. The summed E-state index contributed by atoms with van der Waals surface area (Å²) in [5, 5.41) is 0. The van der Waals surface area contributed by atoms with E-state index in [-0.39, 0.29) is 24.5 Å². The molecule has 2 saturated carbocycles. The first-order valence-electron chi connectivity index (χ1n) is 6.87. The largest absolute Gasteiger partial charge is 0.445 e. The number of carbonyl (C=O) groups is 4. The SMILES string of the molecule is CN(C)C(=O)OC1CC(=O)C(C(=O)C2CCC2)C(=O)C1. The molecule has 0 aromatic heterocycles. The predicted octanol–water partition coefficient (Wildman–Crippen LogP) is 0.971. The molecule has 0 bridgehead atoms. The van der Waals surface area contributed by atoms with Crippen molar-refractivity contribution in [1.82, 2.24) is 4.90 Å². The van der Waals surface area contributed by atoms with Gasteiger partial charge in [-0.3, -0.25) is 14.4 Å². The van der Waals surface area contributed by atoms with Gasteiger partial charge in [-0.25, -0.2) is 4.79 Å². The number of hydrogen-bond acceptors (Lipinski definition) is 5. The molecule has 2 rings (SSSR count). The van der Waals surface area contributed by atoms with Crippen molar-refractivity contribution >= 4 is 23.4 Å². The van der Waals surface area contributed by atoms with E-state index in [1.54, 1.807) is 0 Å². The molecule has 1 amide bonds. The molecule has 0 unspecified atom stereocenters. The van der Waals surface area contributed by atoms with E-state index < -0.39 is 29.7 Å². The zero-order valence-electron chi connectivity index (χ0n) is 11.8. The van der Waals surface area contributed by atoms with Gasteiger partial charge in [0.05, 0.1) is 0 Å². The lowest BCUT2D eigenvalue weighted by atomic mass is 9.72. The van der Waals surface area contributed by atoms with Crippen molar-refractivity contribution in [3.05, 3.63) is 0 Å². The Bertz CT molecular complexity index is 434. The highest BCUT2D eigenvalue weighted by Gasteiger charge is 2.44. The summed E-state index contributed by atoms with van der Waals surface area (Å²) in [5.41, 5.74) is 0. The lowest BCUT2D eigenvalue weighted by molar-refractivity contribution is -0.147. The van der Waals surface area contributed by atoms with Gasteiger partial charge >= 0.3 is 6.09 Å². The number of Topliss-reactive ketones (excluding diaryl/α,β-unsaturated/α-hetero) is 3. The Labute approximate surface area is 117 Å². The van der Waals surface area contributed by atoms with Crippen LogP contribution in [0.1, 0.15) is 32.1 Å². The number of carbonyl (C=O) groups excluding carboxylic acids is 4. The van der Waals surface area contributed by atoms with Gasteiger partial charge in [0.2, 0.25) is 0 Å². The normalized spacial score (nSPS) is 26.9. The number of ketones is 3. The number of nitrogens with zero attached hydrogens (tertiary/aromatic N) is 1. The third kappa shape index (κ3) is 2.89. The summed E-state index contributed by atoms with van der Waals surface area (Å²) in [6, 6.07) is 0. The fraction of sp³-hybridized carbons (Fsp3) is 0.714. The summed E-state index contributed by atoms with van der Waals surface area (Å²) in [6.45, 7) is 0. The van der Waals surface area contributed by atoms with Gasteiger partial charge in [0.15, 0.2) is 17.3 Å². The van der Waals surface area contributed by atoms with Crippen LogP contribution in [0.2, 0.25) is 0 Å². The zero-order valence-corrected chi connectivity index (χ0v) is 11.8.